The molecule has 0 radical (unpaired) electrons. The maximum atomic E-state index is 15.9. The van der Waals surface area contributed by atoms with Crippen LogP contribution >= 0.6 is 0 Å². The molecule has 1 aliphatic rings. The molecule has 0 atom stereocenters. The summed E-state index contributed by atoms with van der Waals surface area (Å²) in [5.74, 6) is -5.75. The van der Waals surface area contributed by atoms with Crippen LogP contribution in [0.4, 0.5) is 17.6 Å². The number of fused-ring (bicyclic) bond motifs is 3. The molecule has 0 bridgehead atoms. The molecule has 6 aromatic carbocycles. The van der Waals surface area contributed by atoms with E-state index in [4.69, 9.17) is 8.37 Å². The van der Waals surface area contributed by atoms with E-state index in [1.807, 2.05) is 24.3 Å². The Labute approximate surface area is 279 Å². The Morgan fingerprint density at radius 1 is 0.429 bits per heavy atom. The Morgan fingerprint density at radius 2 is 0.796 bits per heavy atom. The van der Waals surface area contributed by atoms with Gasteiger partial charge in [-0.15, -0.1) is 0 Å². The van der Waals surface area contributed by atoms with E-state index >= 15 is 8.78 Å². The quantitative estimate of drug-likeness (QED) is 0.117. The summed E-state index contributed by atoms with van der Waals surface area (Å²) in [6.45, 7) is 0. The van der Waals surface area contributed by atoms with Crippen LogP contribution in [0.2, 0.25) is 0 Å². The van der Waals surface area contributed by atoms with Crippen LogP contribution in [-0.4, -0.2) is 16.8 Å². The molecular weight excluding hydrogens is 681 g/mol. The van der Waals surface area contributed by atoms with Gasteiger partial charge in [-0.2, -0.15) is 16.8 Å². The maximum absolute atomic E-state index is 15.9. The van der Waals surface area contributed by atoms with Crippen LogP contribution in [0, 0.1) is 23.3 Å². The predicted octanol–water partition coefficient (Wildman–Crippen LogP) is 8.14. The molecule has 0 saturated carbocycles. The highest BCUT2D eigenvalue weighted by Gasteiger charge is 2.46. The standard InChI is InChI=1S/C37H22F4O6S2/c38-29-13-5-7-15-35(29)48(42,43)46-33-19-17-23(21-31(33)40)37(27-11-3-1-9-25(27)26-10-2-4-12-28(26)37)24-18-20-34(32(41)22-24)47-49(44,45)36-16-8-6-14-30(36)39/h1-22H. The van der Waals surface area contributed by atoms with Crippen molar-refractivity contribution in [2.75, 3.05) is 0 Å². The summed E-state index contributed by atoms with van der Waals surface area (Å²) >= 11 is 0. The molecule has 0 saturated heterocycles. The highest BCUT2D eigenvalue weighted by molar-refractivity contribution is 7.87. The van der Waals surface area contributed by atoms with Crippen molar-refractivity contribution in [1.82, 2.24) is 0 Å². The van der Waals surface area contributed by atoms with E-state index in [1.165, 1.54) is 36.4 Å². The smallest absolute Gasteiger partial charge is 0.342 e. The molecule has 1 aliphatic carbocycles. The van der Waals surface area contributed by atoms with Crippen LogP contribution in [0.15, 0.2) is 143 Å². The summed E-state index contributed by atoms with van der Waals surface area (Å²) in [5.41, 5.74) is 1.81. The zero-order valence-corrected chi connectivity index (χ0v) is 26.6. The summed E-state index contributed by atoms with van der Waals surface area (Å²) in [4.78, 5) is -1.55. The van der Waals surface area contributed by atoms with Gasteiger partial charge in [0.1, 0.15) is 21.4 Å². The Hall–Kier alpha value is -5.46. The second-order valence-electron chi connectivity index (χ2n) is 11.1. The van der Waals surface area contributed by atoms with E-state index in [9.17, 15) is 25.6 Å². The monoisotopic (exact) mass is 702 g/mol. The minimum absolute atomic E-state index is 0.241. The van der Waals surface area contributed by atoms with Crippen LogP contribution in [0.25, 0.3) is 11.1 Å². The molecule has 0 fully saturated rings. The second-order valence-corrected chi connectivity index (χ2v) is 14.1. The van der Waals surface area contributed by atoms with Crippen molar-refractivity contribution in [3.05, 3.63) is 179 Å². The third-order valence-electron chi connectivity index (χ3n) is 8.29. The fraction of sp³-hybridized carbons (Fsp3) is 0.0270. The van der Waals surface area contributed by atoms with Gasteiger partial charge in [-0.05, 0) is 81.9 Å². The van der Waals surface area contributed by atoms with Gasteiger partial charge in [0.25, 0.3) is 0 Å². The van der Waals surface area contributed by atoms with Gasteiger partial charge in [-0.3, -0.25) is 0 Å². The van der Waals surface area contributed by atoms with E-state index < -0.39 is 70.2 Å². The molecule has 0 unspecified atom stereocenters. The van der Waals surface area contributed by atoms with Crippen molar-refractivity contribution in [3.8, 4) is 22.6 Å². The lowest BCUT2D eigenvalue weighted by molar-refractivity contribution is 0.454. The Kier molecular flexibility index (Phi) is 7.80. The first-order chi connectivity index (χ1) is 23.4. The minimum atomic E-state index is -4.76. The SMILES string of the molecule is O=S(=O)(Oc1ccc(C2(c3ccc(OS(=O)(=O)c4ccccc4F)c(F)c3)c3ccccc3-c3ccccc32)cc1F)c1ccccc1F. The van der Waals surface area contributed by atoms with Crippen LogP contribution in [0.3, 0.4) is 0 Å². The zero-order chi connectivity index (χ0) is 34.6. The summed E-state index contributed by atoms with van der Waals surface area (Å²) < 4.78 is 122. The van der Waals surface area contributed by atoms with Crippen molar-refractivity contribution < 1.29 is 42.8 Å². The molecule has 0 N–H and O–H groups in total. The zero-order valence-electron chi connectivity index (χ0n) is 25.0. The summed E-state index contributed by atoms with van der Waals surface area (Å²) in [7, 11) is -9.52. The largest absolute Gasteiger partial charge is 0.376 e. The first-order valence-electron chi connectivity index (χ1n) is 14.6. The van der Waals surface area contributed by atoms with Crippen molar-refractivity contribution in [1.29, 1.82) is 0 Å². The molecule has 246 valence electrons. The molecule has 0 aliphatic heterocycles. The highest BCUT2D eigenvalue weighted by Crippen LogP contribution is 2.56. The van der Waals surface area contributed by atoms with Gasteiger partial charge in [-0.25, -0.2) is 17.6 Å². The molecule has 6 nitrogen and oxygen atoms in total. The van der Waals surface area contributed by atoms with Crippen molar-refractivity contribution in [2.45, 2.75) is 15.2 Å². The van der Waals surface area contributed by atoms with Gasteiger partial charge in [-0.1, -0.05) is 84.9 Å². The normalized spacial score (nSPS) is 13.4. The van der Waals surface area contributed by atoms with E-state index in [0.29, 0.717) is 11.1 Å². The molecule has 7 rings (SSSR count). The lowest BCUT2D eigenvalue weighted by Gasteiger charge is -2.34. The first-order valence-corrected chi connectivity index (χ1v) is 17.4. The van der Waals surface area contributed by atoms with Gasteiger partial charge in [0, 0.05) is 0 Å². The molecule has 6 aromatic rings. The second kappa shape index (κ2) is 11.9. The number of benzene rings is 6. The number of rotatable bonds is 8. The van der Waals surface area contributed by atoms with E-state index in [2.05, 4.69) is 0 Å². The molecular formula is C37H22F4O6S2. The lowest BCUT2D eigenvalue weighted by Crippen LogP contribution is -2.29. The molecule has 12 heteroatoms. The summed E-state index contributed by atoms with van der Waals surface area (Å²) in [6, 6.07) is 30.5. The fourth-order valence-electron chi connectivity index (χ4n) is 6.25. The maximum Gasteiger partial charge on any atom is 0.342 e. The number of hydrogen-bond donors (Lipinski definition) is 0. The third-order valence-corrected chi connectivity index (χ3v) is 10.8. The highest BCUT2D eigenvalue weighted by atomic mass is 32.2. The first kappa shape index (κ1) is 32.1. The average molecular weight is 703 g/mol. The average Bonchev–Trinajstić information content (AvgIpc) is 3.38. The minimum Gasteiger partial charge on any atom is -0.376 e. The van der Waals surface area contributed by atoms with Crippen molar-refractivity contribution >= 4 is 20.2 Å². The van der Waals surface area contributed by atoms with Crippen LogP contribution in [0.1, 0.15) is 22.3 Å². The van der Waals surface area contributed by atoms with Gasteiger partial charge in [0.15, 0.2) is 23.1 Å². The van der Waals surface area contributed by atoms with Crippen LogP contribution < -0.4 is 8.37 Å². The van der Waals surface area contributed by atoms with Crippen LogP contribution in [0.5, 0.6) is 11.5 Å². The molecule has 0 heterocycles. The Morgan fingerprint density at radius 3 is 1.18 bits per heavy atom. The summed E-state index contributed by atoms with van der Waals surface area (Å²) in [5, 5.41) is 0. The predicted molar refractivity (Wildman–Crippen MR) is 172 cm³/mol. The van der Waals surface area contributed by atoms with E-state index in [1.54, 1.807) is 24.3 Å². The fourth-order valence-corrected chi connectivity index (χ4v) is 8.28. The lowest BCUT2D eigenvalue weighted by atomic mass is 9.67. The van der Waals surface area contributed by atoms with Crippen LogP contribution in [-0.2, 0) is 25.7 Å². The topological polar surface area (TPSA) is 86.7 Å². The molecule has 0 amide bonds. The van der Waals surface area contributed by atoms with E-state index in [0.717, 1.165) is 59.7 Å². The van der Waals surface area contributed by atoms with E-state index in [-0.39, 0.29) is 11.1 Å². The van der Waals surface area contributed by atoms with Gasteiger partial charge < -0.3 is 8.37 Å². The molecule has 0 aromatic heterocycles. The Bertz CT molecular complexity index is 2330. The van der Waals surface area contributed by atoms with Crippen molar-refractivity contribution in [2.24, 2.45) is 0 Å². The summed E-state index contributed by atoms with van der Waals surface area (Å²) in [6.07, 6.45) is 0. The molecule has 49 heavy (non-hydrogen) atoms. The number of hydrogen-bond acceptors (Lipinski definition) is 6. The molecule has 0 spiro atoms. The van der Waals surface area contributed by atoms with Gasteiger partial charge in [0.05, 0.1) is 5.41 Å². The van der Waals surface area contributed by atoms with Crippen molar-refractivity contribution in [3.63, 3.8) is 0 Å². The Balaban J connectivity index is 1.38. The third kappa shape index (κ3) is 5.33. The van der Waals surface area contributed by atoms with Gasteiger partial charge >= 0.3 is 20.2 Å². The van der Waals surface area contributed by atoms with Gasteiger partial charge in [0.2, 0.25) is 0 Å². The number of halogens is 4.